The third-order valence-corrected chi connectivity index (χ3v) is 0.973. The highest BCUT2D eigenvalue weighted by atomic mass is 19.4. The summed E-state index contributed by atoms with van der Waals surface area (Å²) in [6.07, 6.45) is -13.8. The summed E-state index contributed by atoms with van der Waals surface area (Å²) in [5, 5.41) is 0. The first-order valence-electron chi connectivity index (χ1n) is 2.65. The Kier molecular flexibility index (Phi) is 2.97. The second kappa shape index (κ2) is 3.10. The van der Waals surface area contributed by atoms with E-state index in [4.69, 9.17) is 0 Å². The summed E-state index contributed by atoms with van der Waals surface area (Å²) in [6, 6.07) is 0. The van der Waals surface area contributed by atoms with Gasteiger partial charge in [-0.1, -0.05) is 0 Å². The zero-order valence-corrected chi connectivity index (χ0v) is 5.51. The summed E-state index contributed by atoms with van der Waals surface area (Å²) < 4.78 is 80.8. The van der Waals surface area contributed by atoms with Crippen molar-refractivity contribution in [1.29, 1.82) is 0 Å². The van der Waals surface area contributed by atoms with Crippen LogP contribution in [0.2, 0.25) is 0 Å². The van der Waals surface area contributed by atoms with Gasteiger partial charge in [-0.15, -0.1) is 0 Å². The molecule has 0 aliphatic heterocycles. The van der Waals surface area contributed by atoms with Gasteiger partial charge in [-0.25, -0.2) is 17.6 Å². The molecule has 73 valence electrons. The van der Waals surface area contributed by atoms with Gasteiger partial charge < -0.3 is 0 Å². The average molecular weight is 197 g/mol. The Morgan fingerprint density at radius 3 is 1.25 bits per heavy atom. The molecular weight excluding hydrogens is 193 g/mol. The normalized spacial score (nSPS) is 19.0. The fourth-order valence-corrected chi connectivity index (χ4v) is 0.380. The van der Waals surface area contributed by atoms with Gasteiger partial charge in [0.25, 0.3) is 5.92 Å². The third-order valence-electron chi connectivity index (χ3n) is 0.973. The summed E-state index contributed by atoms with van der Waals surface area (Å²) in [7, 11) is 0. The molecule has 0 aliphatic carbocycles. The molecule has 0 bridgehead atoms. The van der Waals surface area contributed by atoms with E-state index in [1.165, 1.54) is 0 Å². The van der Waals surface area contributed by atoms with Crippen LogP contribution in [0.1, 0.15) is 0 Å². The molecule has 1 radical (unpaired) electrons. The van der Waals surface area contributed by atoms with Gasteiger partial charge in [0.15, 0.2) is 0 Å². The molecule has 0 amide bonds. The topological polar surface area (TPSA) is 0 Å². The predicted molar refractivity (Wildman–Crippen MR) is 26.2 cm³/mol. The molecule has 2 atom stereocenters. The first-order valence-corrected chi connectivity index (χ1v) is 2.65. The maximum Gasteiger partial charge on any atom is 0.422 e. The van der Waals surface area contributed by atoms with Crippen molar-refractivity contribution < 1.29 is 30.7 Å². The van der Waals surface area contributed by atoms with Crippen molar-refractivity contribution in [2.24, 2.45) is 0 Å². The molecule has 0 aromatic rings. The molecule has 0 spiro atoms. The number of alkyl halides is 7. The Labute approximate surface area is 63.4 Å². The molecule has 0 fully saturated rings. The van der Waals surface area contributed by atoms with Crippen LogP contribution in [-0.2, 0) is 0 Å². The first-order chi connectivity index (χ1) is 5.07. The van der Waals surface area contributed by atoms with Crippen LogP contribution in [-0.4, -0.2) is 24.4 Å². The number of hydrogen-bond acceptors (Lipinski definition) is 0. The van der Waals surface area contributed by atoms with Crippen molar-refractivity contribution in [1.82, 2.24) is 0 Å². The van der Waals surface area contributed by atoms with Crippen LogP contribution < -0.4 is 0 Å². The smallest absolute Gasteiger partial charge is 0.237 e. The molecular formula is C5H4F7. The molecule has 12 heavy (non-hydrogen) atoms. The molecule has 0 N–H and O–H groups in total. The van der Waals surface area contributed by atoms with Crippen molar-refractivity contribution in [2.45, 2.75) is 24.4 Å². The Hall–Kier alpha value is -0.490. The van der Waals surface area contributed by atoms with E-state index >= 15 is 0 Å². The Morgan fingerprint density at radius 1 is 0.833 bits per heavy atom. The zero-order valence-electron chi connectivity index (χ0n) is 5.51. The van der Waals surface area contributed by atoms with E-state index in [1.54, 1.807) is 6.92 Å². The monoisotopic (exact) mass is 197 g/mol. The van der Waals surface area contributed by atoms with Crippen LogP contribution in [0.15, 0.2) is 0 Å². The largest absolute Gasteiger partial charge is 0.422 e. The molecule has 2 unspecified atom stereocenters. The van der Waals surface area contributed by atoms with Crippen molar-refractivity contribution in [3.63, 3.8) is 0 Å². The van der Waals surface area contributed by atoms with Gasteiger partial charge in [0.2, 0.25) is 12.3 Å². The van der Waals surface area contributed by atoms with E-state index in [0.717, 1.165) is 0 Å². The minimum absolute atomic E-state index is 1.76. The molecule has 7 heteroatoms. The summed E-state index contributed by atoms with van der Waals surface area (Å²) in [6.45, 7) is 1.76. The molecule has 0 aromatic heterocycles. The van der Waals surface area contributed by atoms with Crippen LogP contribution in [0.25, 0.3) is 0 Å². The van der Waals surface area contributed by atoms with Gasteiger partial charge in [0.1, 0.15) is 0 Å². The standard InChI is InChI=1S/C5H4F7/c1-4(8,9)2(6)3(7)5(10,11)12/h2-3H,1H2. The third kappa shape index (κ3) is 2.86. The molecule has 0 aromatic carbocycles. The fraction of sp³-hybridized carbons (Fsp3) is 0.800. The highest BCUT2D eigenvalue weighted by molar-refractivity contribution is 4.88. The second-order valence-electron chi connectivity index (χ2n) is 2.11. The minimum atomic E-state index is -5.62. The molecule has 0 saturated heterocycles. The van der Waals surface area contributed by atoms with Gasteiger partial charge in [-0.2, -0.15) is 13.2 Å². The van der Waals surface area contributed by atoms with E-state index < -0.39 is 24.4 Å². The summed E-state index contributed by atoms with van der Waals surface area (Å²) >= 11 is 0. The number of halogens is 7. The SMILES string of the molecule is [CH2]C(F)(F)C(F)C(F)C(F)(F)F. The van der Waals surface area contributed by atoms with Gasteiger partial charge in [-0.05, 0) is 0 Å². The zero-order chi connectivity index (χ0) is 10.2. The van der Waals surface area contributed by atoms with Crippen molar-refractivity contribution >= 4 is 0 Å². The molecule has 0 nitrogen and oxygen atoms in total. The van der Waals surface area contributed by atoms with Crippen LogP contribution >= 0.6 is 0 Å². The van der Waals surface area contributed by atoms with Crippen LogP contribution in [0.5, 0.6) is 0 Å². The fourth-order valence-electron chi connectivity index (χ4n) is 0.380. The first kappa shape index (κ1) is 11.5. The van der Waals surface area contributed by atoms with E-state index in [-0.39, 0.29) is 0 Å². The highest BCUT2D eigenvalue weighted by Gasteiger charge is 2.54. The predicted octanol–water partition coefficient (Wildman–Crippen LogP) is 2.69. The summed E-state index contributed by atoms with van der Waals surface area (Å²) in [5.41, 5.74) is 0. The maximum atomic E-state index is 11.9. The van der Waals surface area contributed by atoms with Crippen LogP contribution in [0.4, 0.5) is 30.7 Å². The molecule has 0 heterocycles. The van der Waals surface area contributed by atoms with Gasteiger partial charge >= 0.3 is 6.18 Å². The average Bonchev–Trinajstić information content (AvgIpc) is 1.80. The maximum absolute atomic E-state index is 11.9. The van der Waals surface area contributed by atoms with E-state index in [2.05, 4.69) is 0 Å². The lowest BCUT2D eigenvalue weighted by Gasteiger charge is -2.20. The minimum Gasteiger partial charge on any atom is -0.237 e. The lowest BCUT2D eigenvalue weighted by atomic mass is 10.1. The van der Waals surface area contributed by atoms with Gasteiger partial charge in [-0.3, -0.25) is 0 Å². The van der Waals surface area contributed by atoms with Crippen LogP contribution in [0, 0.1) is 6.92 Å². The lowest BCUT2D eigenvalue weighted by Crippen LogP contribution is -2.43. The number of rotatable bonds is 2. The molecule has 0 aliphatic rings. The van der Waals surface area contributed by atoms with Gasteiger partial charge in [0, 0.05) is 6.92 Å². The number of hydrogen-bond donors (Lipinski definition) is 0. The molecule has 0 rings (SSSR count). The Balaban J connectivity index is 4.41. The Morgan fingerprint density at radius 2 is 1.17 bits per heavy atom. The van der Waals surface area contributed by atoms with E-state index in [9.17, 15) is 30.7 Å². The Bertz CT molecular complexity index is 125. The van der Waals surface area contributed by atoms with E-state index in [0.29, 0.717) is 0 Å². The highest BCUT2D eigenvalue weighted by Crippen LogP contribution is 2.33. The van der Waals surface area contributed by atoms with Gasteiger partial charge in [0.05, 0.1) is 0 Å². The molecule has 0 saturated carbocycles. The lowest BCUT2D eigenvalue weighted by molar-refractivity contribution is -0.218. The van der Waals surface area contributed by atoms with Crippen molar-refractivity contribution in [3.05, 3.63) is 6.92 Å². The second-order valence-corrected chi connectivity index (χ2v) is 2.11. The summed E-state index contributed by atoms with van der Waals surface area (Å²) in [4.78, 5) is 0. The van der Waals surface area contributed by atoms with Crippen molar-refractivity contribution in [3.8, 4) is 0 Å². The summed E-state index contributed by atoms with van der Waals surface area (Å²) in [5.74, 6) is -4.57. The van der Waals surface area contributed by atoms with Crippen LogP contribution in [0.3, 0.4) is 0 Å². The van der Waals surface area contributed by atoms with Crippen molar-refractivity contribution in [2.75, 3.05) is 0 Å². The quantitative estimate of drug-likeness (QED) is 0.597. The van der Waals surface area contributed by atoms with E-state index in [1.807, 2.05) is 0 Å².